The van der Waals surface area contributed by atoms with Crippen molar-refractivity contribution in [3.8, 4) is 12.3 Å². The molecule has 0 aromatic rings. The van der Waals surface area contributed by atoms with Crippen LogP contribution in [0.4, 0.5) is 0 Å². The molecular weight excluding hydrogens is 146 g/mol. The van der Waals surface area contributed by atoms with Crippen LogP contribution in [0, 0.1) is 17.8 Å². The summed E-state index contributed by atoms with van der Waals surface area (Å²) in [6.45, 7) is 5.70. The molecule has 0 heterocycles. The number of hydrogen-bond donors (Lipinski definition) is 1. The minimum atomic E-state index is 0.593. The third-order valence-corrected chi connectivity index (χ3v) is 3.03. The summed E-state index contributed by atoms with van der Waals surface area (Å²) in [6, 6.07) is 0.662. The van der Waals surface area contributed by atoms with E-state index < -0.39 is 0 Å². The highest BCUT2D eigenvalue weighted by Crippen LogP contribution is 2.47. The Morgan fingerprint density at radius 3 is 2.75 bits per heavy atom. The molecule has 1 aliphatic carbocycles. The van der Waals surface area contributed by atoms with E-state index in [1.54, 1.807) is 0 Å². The van der Waals surface area contributed by atoms with Crippen LogP contribution in [-0.2, 0) is 0 Å². The van der Waals surface area contributed by atoms with Gasteiger partial charge in [0.25, 0.3) is 0 Å². The van der Waals surface area contributed by atoms with E-state index in [9.17, 15) is 0 Å². The molecule has 0 radical (unpaired) electrons. The van der Waals surface area contributed by atoms with Crippen molar-refractivity contribution >= 4 is 0 Å². The summed E-state index contributed by atoms with van der Waals surface area (Å²) in [6.07, 6.45) is 9.94. The molecule has 1 aliphatic rings. The SMILES string of the molecule is C#CCCCNC(C)C1(C)CC1. The zero-order chi connectivity index (χ0) is 9.03. The zero-order valence-corrected chi connectivity index (χ0v) is 8.19. The third kappa shape index (κ3) is 2.53. The number of hydrogen-bond acceptors (Lipinski definition) is 1. The fraction of sp³-hybridized carbons (Fsp3) is 0.818. The average molecular weight is 165 g/mol. The lowest BCUT2D eigenvalue weighted by atomic mass is 10.0. The van der Waals surface area contributed by atoms with Crippen molar-refractivity contribution < 1.29 is 0 Å². The summed E-state index contributed by atoms with van der Waals surface area (Å²) >= 11 is 0. The van der Waals surface area contributed by atoms with Crippen molar-refractivity contribution in [1.82, 2.24) is 5.32 Å². The van der Waals surface area contributed by atoms with Gasteiger partial charge in [-0.1, -0.05) is 6.92 Å². The molecule has 1 nitrogen and oxygen atoms in total. The van der Waals surface area contributed by atoms with Gasteiger partial charge >= 0.3 is 0 Å². The van der Waals surface area contributed by atoms with E-state index >= 15 is 0 Å². The first-order valence-electron chi connectivity index (χ1n) is 4.86. The Balaban J connectivity index is 2.04. The highest BCUT2D eigenvalue weighted by molar-refractivity contribution is 4.96. The standard InChI is InChI=1S/C11H19N/c1-4-5-6-9-12-10(2)11(3)7-8-11/h1,10,12H,5-9H2,2-3H3. The van der Waals surface area contributed by atoms with Gasteiger partial charge in [-0.15, -0.1) is 12.3 Å². The van der Waals surface area contributed by atoms with E-state index in [1.807, 2.05) is 0 Å². The number of terminal acetylenes is 1. The van der Waals surface area contributed by atoms with E-state index in [-0.39, 0.29) is 0 Å². The smallest absolute Gasteiger partial charge is 0.00981 e. The Hall–Kier alpha value is -0.480. The summed E-state index contributed by atoms with van der Waals surface area (Å²) in [7, 11) is 0. The summed E-state index contributed by atoms with van der Waals surface area (Å²) in [5, 5.41) is 3.52. The van der Waals surface area contributed by atoms with Crippen LogP contribution < -0.4 is 5.32 Å². The molecule has 68 valence electrons. The van der Waals surface area contributed by atoms with Crippen LogP contribution in [0.1, 0.15) is 39.5 Å². The summed E-state index contributed by atoms with van der Waals surface area (Å²) in [4.78, 5) is 0. The Morgan fingerprint density at radius 2 is 2.25 bits per heavy atom. The lowest BCUT2D eigenvalue weighted by Gasteiger charge is -2.19. The minimum absolute atomic E-state index is 0.593. The number of nitrogens with one attached hydrogen (secondary N) is 1. The minimum Gasteiger partial charge on any atom is -0.314 e. The number of rotatable bonds is 5. The molecule has 0 saturated heterocycles. The van der Waals surface area contributed by atoms with E-state index in [1.165, 1.54) is 12.8 Å². The van der Waals surface area contributed by atoms with E-state index in [4.69, 9.17) is 6.42 Å². The van der Waals surface area contributed by atoms with Crippen molar-refractivity contribution in [1.29, 1.82) is 0 Å². The van der Waals surface area contributed by atoms with Gasteiger partial charge in [0.2, 0.25) is 0 Å². The molecule has 1 heteroatoms. The topological polar surface area (TPSA) is 12.0 Å². The van der Waals surface area contributed by atoms with Crippen LogP contribution in [0.2, 0.25) is 0 Å². The van der Waals surface area contributed by atoms with Gasteiger partial charge in [0.05, 0.1) is 0 Å². The van der Waals surface area contributed by atoms with Crippen molar-refractivity contribution in [3.05, 3.63) is 0 Å². The van der Waals surface area contributed by atoms with Crippen LogP contribution >= 0.6 is 0 Å². The van der Waals surface area contributed by atoms with Crippen molar-refractivity contribution in [2.75, 3.05) is 6.54 Å². The second-order valence-corrected chi connectivity index (χ2v) is 4.14. The van der Waals surface area contributed by atoms with E-state index in [0.717, 1.165) is 19.4 Å². The van der Waals surface area contributed by atoms with Gasteiger partial charge in [-0.05, 0) is 38.1 Å². The molecular formula is C11H19N. The Bertz CT molecular complexity index is 174. The maximum atomic E-state index is 5.17. The predicted octanol–water partition coefficient (Wildman–Crippen LogP) is 2.18. The van der Waals surface area contributed by atoms with Gasteiger partial charge in [0.15, 0.2) is 0 Å². The first kappa shape index (κ1) is 9.61. The second kappa shape index (κ2) is 3.96. The third-order valence-electron chi connectivity index (χ3n) is 3.03. The quantitative estimate of drug-likeness (QED) is 0.486. The molecule has 0 amide bonds. The van der Waals surface area contributed by atoms with Crippen molar-refractivity contribution in [2.45, 2.75) is 45.6 Å². The summed E-state index contributed by atoms with van der Waals surface area (Å²) < 4.78 is 0. The Labute approximate surface area is 75.9 Å². The molecule has 0 aromatic heterocycles. The average Bonchev–Trinajstić information content (AvgIpc) is 2.78. The summed E-state index contributed by atoms with van der Waals surface area (Å²) in [5.74, 6) is 2.66. The lowest BCUT2D eigenvalue weighted by Crippen LogP contribution is -2.33. The fourth-order valence-corrected chi connectivity index (χ4v) is 1.39. The molecule has 1 N–H and O–H groups in total. The second-order valence-electron chi connectivity index (χ2n) is 4.14. The van der Waals surface area contributed by atoms with E-state index in [0.29, 0.717) is 11.5 Å². The molecule has 0 bridgehead atoms. The zero-order valence-electron chi connectivity index (χ0n) is 8.19. The lowest BCUT2D eigenvalue weighted by molar-refractivity contribution is 0.380. The van der Waals surface area contributed by atoms with Crippen LogP contribution in [0.25, 0.3) is 0 Å². The van der Waals surface area contributed by atoms with Crippen LogP contribution in [0.3, 0.4) is 0 Å². The molecule has 1 rings (SSSR count). The van der Waals surface area contributed by atoms with Gasteiger partial charge in [-0.3, -0.25) is 0 Å². The largest absolute Gasteiger partial charge is 0.314 e. The van der Waals surface area contributed by atoms with E-state index in [2.05, 4.69) is 25.1 Å². The molecule has 1 atom stereocenters. The predicted molar refractivity (Wildman–Crippen MR) is 52.9 cm³/mol. The normalized spacial score (nSPS) is 21.4. The molecule has 0 aliphatic heterocycles. The summed E-state index contributed by atoms with van der Waals surface area (Å²) in [5.41, 5.74) is 0.593. The van der Waals surface area contributed by atoms with Crippen LogP contribution in [0.15, 0.2) is 0 Å². The van der Waals surface area contributed by atoms with Gasteiger partial charge in [0, 0.05) is 12.5 Å². The van der Waals surface area contributed by atoms with Crippen molar-refractivity contribution in [2.24, 2.45) is 5.41 Å². The van der Waals surface area contributed by atoms with Gasteiger partial charge in [-0.25, -0.2) is 0 Å². The van der Waals surface area contributed by atoms with Gasteiger partial charge < -0.3 is 5.32 Å². The molecule has 0 spiro atoms. The van der Waals surface area contributed by atoms with Gasteiger partial charge in [0.1, 0.15) is 0 Å². The fourth-order valence-electron chi connectivity index (χ4n) is 1.39. The first-order valence-corrected chi connectivity index (χ1v) is 4.86. The highest BCUT2D eigenvalue weighted by atomic mass is 14.9. The number of unbranched alkanes of at least 4 members (excludes halogenated alkanes) is 1. The van der Waals surface area contributed by atoms with Gasteiger partial charge in [-0.2, -0.15) is 0 Å². The Morgan fingerprint density at radius 1 is 1.58 bits per heavy atom. The highest BCUT2D eigenvalue weighted by Gasteiger charge is 2.41. The molecule has 12 heavy (non-hydrogen) atoms. The van der Waals surface area contributed by atoms with Crippen LogP contribution in [0.5, 0.6) is 0 Å². The molecule has 1 saturated carbocycles. The van der Waals surface area contributed by atoms with Crippen LogP contribution in [-0.4, -0.2) is 12.6 Å². The van der Waals surface area contributed by atoms with Crippen molar-refractivity contribution in [3.63, 3.8) is 0 Å². The Kier molecular flexibility index (Phi) is 3.17. The molecule has 1 fully saturated rings. The molecule has 1 unspecified atom stereocenters. The molecule has 0 aromatic carbocycles. The monoisotopic (exact) mass is 165 g/mol. The maximum absolute atomic E-state index is 5.17. The maximum Gasteiger partial charge on any atom is 0.00981 e. The first-order chi connectivity index (χ1) is 5.69.